The minimum atomic E-state index is 1.08. The molecule has 0 radical (unpaired) electrons. The zero-order chi connectivity index (χ0) is 9.97. The first-order chi connectivity index (χ1) is 6.81. The van der Waals surface area contributed by atoms with E-state index in [9.17, 15) is 0 Å². The van der Waals surface area contributed by atoms with Gasteiger partial charge in [-0.15, -0.1) is 0 Å². The average Bonchev–Trinajstić information content (AvgIpc) is 2.61. The number of benzene rings is 1. The number of allylic oxidation sites excluding steroid dienone is 2. The highest BCUT2D eigenvalue weighted by atomic mass is 14.2. The highest BCUT2D eigenvalue weighted by Gasteiger charge is 2.12. The van der Waals surface area contributed by atoms with Crippen LogP contribution in [0, 0.1) is 0 Å². The lowest BCUT2D eigenvalue weighted by Crippen LogP contribution is -1.88. The van der Waals surface area contributed by atoms with Gasteiger partial charge in [0, 0.05) is 0 Å². The third-order valence-corrected chi connectivity index (χ3v) is 2.77. The van der Waals surface area contributed by atoms with E-state index < -0.39 is 0 Å². The first-order valence-corrected chi connectivity index (χ1v) is 5.28. The van der Waals surface area contributed by atoms with Crippen LogP contribution in [-0.2, 0) is 6.42 Å². The second-order valence-corrected chi connectivity index (χ2v) is 3.90. The van der Waals surface area contributed by atoms with Crippen LogP contribution in [0.3, 0.4) is 0 Å². The Labute approximate surface area is 86.0 Å². The summed E-state index contributed by atoms with van der Waals surface area (Å²) in [4.78, 5) is 0. The molecule has 0 N–H and O–H groups in total. The van der Waals surface area contributed by atoms with E-state index in [1.165, 1.54) is 28.7 Å². The fraction of sp³-hybridized carbons (Fsp3) is 0.286. The smallest absolute Gasteiger partial charge is 0.00171 e. The number of hydrogen-bond acceptors (Lipinski definition) is 0. The van der Waals surface area contributed by atoms with Gasteiger partial charge in [-0.05, 0) is 29.5 Å². The Morgan fingerprint density at radius 2 is 2.14 bits per heavy atom. The molecule has 0 atom stereocenters. The predicted octanol–water partition coefficient (Wildman–Crippen LogP) is 3.98. The number of hydrogen-bond donors (Lipinski definition) is 0. The van der Waals surface area contributed by atoms with Gasteiger partial charge in [0.2, 0.25) is 0 Å². The lowest BCUT2D eigenvalue weighted by molar-refractivity contribution is 0.909. The van der Waals surface area contributed by atoms with Crippen molar-refractivity contribution in [3.8, 4) is 0 Å². The molecule has 0 unspecified atom stereocenters. The molecule has 0 heterocycles. The first-order valence-electron chi connectivity index (χ1n) is 5.28. The van der Waals surface area contributed by atoms with Crippen molar-refractivity contribution in [2.24, 2.45) is 0 Å². The van der Waals surface area contributed by atoms with Crippen molar-refractivity contribution in [1.29, 1.82) is 0 Å². The first kappa shape index (κ1) is 9.26. The standard InChI is InChI=1S/C14H16/c1-3-6-11(2)14-9-12-7-4-5-8-13(12)10-14/h4-5,7-9H,2-3,6,10H2,1H3. The maximum absolute atomic E-state index is 4.14. The van der Waals surface area contributed by atoms with Gasteiger partial charge in [-0.1, -0.05) is 55.8 Å². The van der Waals surface area contributed by atoms with Crippen LogP contribution in [0.2, 0.25) is 0 Å². The summed E-state index contributed by atoms with van der Waals surface area (Å²) >= 11 is 0. The molecule has 72 valence electrons. The van der Waals surface area contributed by atoms with Gasteiger partial charge in [0.15, 0.2) is 0 Å². The summed E-state index contributed by atoms with van der Waals surface area (Å²) < 4.78 is 0. The van der Waals surface area contributed by atoms with Crippen molar-refractivity contribution in [2.45, 2.75) is 26.2 Å². The van der Waals surface area contributed by atoms with Gasteiger partial charge in [-0.3, -0.25) is 0 Å². The zero-order valence-electron chi connectivity index (χ0n) is 8.72. The minimum absolute atomic E-state index is 1.08. The zero-order valence-corrected chi connectivity index (χ0v) is 8.72. The molecule has 1 aromatic rings. The quantitative estimate of drug-likeness (QED) is 0.666. The topological polar surface area (TPSA) is 0 Å². The van der Waals surface area contributed by atoms with Gasteiger partial charge in [-0.25, -0.2) is 0 Å². The molecule has 0 bridgehead atoms. The maximum atomic E-state index is 4.14. The molecular weight excluding hydrogens is 168 g/mol. The Morgan fingerprint density at radius 1 is 1.36 bits per heavy atom. The second-order valence-electron chi connectivity index (χ2n) is 3.90. The van der Waals surface area contributed by atoms with Crippen molar-refractivity contribution in [2.75, 3.05) is 0 Å². The third-order valence-electron chi connectivity index (χ3n) is 2.77. The Morgan fingerprint density at radius 3 is 2.86 bits per heavy atom. The van der Waals surface area contributed by atoms with E-state index in [2.05, 4.69) is 43.8 Å². The third kappa shape index (κ3) is 1.65. The van der Waals surface area contributed by atoms with Crippen LogP contribution in [0.4, 0.5) is 0 Å². The van der Waals surface area contributed by atoms with Gasteiger partial charge in [-0.2, -0.15) is 0 Å². The fourth-order valence-corrected chi connectivity index (χ4v) is 1.97. The summed E-state index contributed by atoms with van der Waals surface area (Å²) in [6.07, 6.45) is 5.68. The average molecular weight is 184 g/mol. The molecule has 14 heavy (non-hydrogen) atoms. The summed E-state index contributed by atoms with van der Waals surface area (Å²) in [5.74, 6) is 0. The number of fused-ring (bicyclic) bond motifs is 1. The Kier molecular flexibility index (Phi) is 2.53. The van der Waals surface area contributed by atoms with Crippen molar-refractivity contribution < 1.29 is 0 Å². The summed E-state index contributed by atoms with van der Waals surface area (Å²) in [5.41, 5.74) is 5.55. The van der Waals surface area contributed by atoms with Crippen LogP contribution >= 0.6 is 0 Å². The summed E-state index contributed by atoms with van der Waals surface area (Å²) in [7, 11) is 0. The molecule has 0 saturated heterocycles. The van der Waals surface area contributed by atoms with E-state index in [4.69, 9.17) is 0 Å². The lowest BCUT2D eigenvalue weighted by atomic mass is 10.0. The molecule has 0 aliphatic heterocycles. The van der Waals surface area contributed by atoms with Gasteiger partial charge in [0.1, 0.15) is 0 Å². The van der Waals surface area contributed by atoms with Gasteiger partial charge in [0.05, 0.1) is 0 Å². The van der Waals surface area contributed by atoms with Crippen LogP contribution in [-0.4, -0.2) is 0 Å². The highest BCUT2D eigenvalue weighted by Crippen LogP contribution is 2.29. The highest BCUT2D eigenvalue weighted by molar-refractivity contribution is 5.67. The van der Waals surface area contributed by atoms with Crippen molar-refractivity contribution in [3.05, 3.63) is 53.1 Å². The molecule has 2 rings (SSSR count). The molecular formula is C14H16. The van der Waals surface area contributed by atoms with Crippen molar-refractivity contribution >= 4 is 6.08 Å². The van der Waals surface area contributed by atoms with Crippen molar-refractivity contribution in [1.82, 2.24) is 0 Å². The molecule has 1 aliphatic carbocycles. The van der Waals surface area contributed by atoms with E-state index in [1.54, 1.807) is 0 Å². The van der Waals surface area contributed by atoms with Gasteiger partial charge < -0.3 is 0 Å². The van der Waals surface area contributed by atoms with Crippen LogP contribution in [0.25, 0.3) is 6.08 Å². The van der Waals surface area contributed by atoms with E-state index in [0.717, 1.165) is 12.8 Å². The Hall–Kier alpha value is -1.30. The van der Waals surface area contributed by atoms with E-state index in [0.29, 0.717) is 0 Å². The molecule has 0 aromatic heterocycles. The maximum Gasteiger partial charge on any atom is -0.00171 e. The molecule has 0 saturated carbocycles. The minimum Gasteiger partial charge on any atom is -0.0955 e. The molecule has 0 spiro atoms. The largest absolute Gasteiger partial charge is 0.0955 e. The van der Waals surface area contributed by atoms with Crippen LogP contribution < -0.4 is 0 Å². The van der Waals surface area contributed by atoms with Crippen LogP contribution in [0.5, 0.6) is 0 Å². The lowest BCUT2D eigenvalue weighted by Gasteiger charge is -2.04. The molecule has 1 aromatic carbocycles. The molecule has 1 aliphatic rings. The number of rotatable bonds is 3. The molecule has 0 fully saturated rings. The Balaban J connectivity index is 2.19. The molecule has 0 nitrogen and oxygen atoms in total. The van der Waals surface area contributed by atoms with Crippen molar-refractivity contribution in [3.63, 3.8) is 0 Å². The summed E-state index contributed by atoms with van der Waals surface area (Å²) in [6.45, 7) is 6.34. The van der Waals surface area contributed by atoms with Gasteiger partial charge >= 0.3 is 0 Å². The summed E-state index contributed by atoms with van der Waals surface area (Å²) in [5, 5.41) is 0. The Bertz CT molecular complexity index is 383. The van der Waals surface area contributed by atoms with E-state index >= 15 is 0 Å². The summed E-state index contributed by atoms with van der Waals surface area (Å²) in [6, 6.07) is 8.60. The molecule has 0 amide bonds. The predicted molar refractivity (Wildman–Crippen MR) is 62.2 cm³/mol. The van der Waals surface area contributed by atoms with Crippen LogP contribution in [0.15, 0.2) is 42.0 Å². The fourth-order valence-electron chi connectivity index (χ4n) is 1.97. The van der Waals surface area contributed by atoms with E-state index in [1.807, 2.05) is 0 Å². The van der Waals surface area contributed by atoms with Gasteiger partial charge in [0.25, 0.3) is 0 Å². The second kappa shape index (κ2) is 3.83. The van der Waals surface area contributed by atoms with Crippen LogP contribution in [0.1, 0.15) is 30.9 Å². The normalized spacial score (nSPS) is 13.6. The molecule has 0 heteroatoms. The van der Waals surface area contributed by atoms with E-state index in [-0.39, 0.29) is 0 Å². The monoisotopic (exact) mass is 184 g/mol. The SMILES string of the molecule is C=C(CCC)C1=Cc2ccccc2C1.